The molecule has 3 heteroatoms. The second kappa shape index (κ2) is 6.97. The van der Waals surface area contributed by atoms with Gasteiger partial charge in [0.05, 0.1) is 5.60 Å². The van der Waals surface area contributed by atoms with Crippen molar-refractivity contribution >= 4 is 5.91 Å². The Balaban J connectivity index is 1.96. The van der Waals surface area contributed by atoms with Gasteiger partial charge in [0.1, 0.15) is 0 Å². The van der Waals surface area contributed by atoms with Gasteiger partial charge in [0.2, 0.25) is 0 Å². The molecule has 122 valence electrons. The van der Waals surface area contributed by atoms with Crippen LogP contribution < -0.4 is 5.32 Å². The lowest BCUT2D eigenvalue weighted by atomic mass is 9.97. The van der Waals surface area contributed by atoms with Gasteiger partial charge in [0, 0.05) is 12.1 Å². The van der Waals surface area contributed by atoms with Crippen molar-refractivity contribution in [3.8, 4) is 0 Å². The lowest BCUT2D eigenvalue weighted by Crippen LogP contribution is -2.23. The van der Waals surface area contributed by atoms with E-state index in [9.17, 15) is 9.90 Å². The summed E-state index contributed by atoms with van der Waals surface area (Å²) < 4.78 is 0. The molecule has 2 aromatic rings. The smallest absolute Gasteiger partial charge is 0.251 e. The minimum atomic E-state index is -0.847. The summed E-state index contributed by atoms with van der Waals surface area (Å²) in [5, 5.41) is 12.9. The van der Waals surface area contributed by atoms with Crippen LogP contribution in [0, 0.1) is 0 Å². The largest absolute Gasteiger partial charge is 0.386 e. The number of amides is 1. The molecule has 0 heterocycles. The standard InChI is InChI=1S/C20H25NO2/c1-14(2)16-7-9-17(10-8-16)19(22)21-13-15-5-11-18(12-6-15)20(3,4)23/h5-12,14,23H,13H2,1-4H3,(H,21,22). The van der Waals surface area contributed by atoms with Crippen molar-refractivity contribution in [2.45, 2.75) is 45.8 Å². The number of hydrogen-bond acceptors (Lipinski definition) is 2. The van der Waals surface area contributed by atoms with Gasteiger partial charge in [-0.3, -0.25) is 4.79 Å². The van der Waals surface area contributed by atoms with Crippen LogP contribution in [0.5, 0.6) is 0 Å². The van der Waals surface area contributed by atoms with Crippen molar-refractivity contribution in [1.82, 2.24) is 5.32 Å². The van der Waals surface area contributed by atoms with Gasteiger partial charge in [0.15, 0.2) is 0 Å². The first-order valence-electron chi connectivity index (χ1n) is 7.97. The van der Waals surface area contributed by atoms with Crippen LogP contribution in [0.25, 0.3) is 0 Å². The Bertz CT molecular complexity index is 650. The minimum Gasteiger partial charge on any atom is -0.386 e. The van der Waals surface area contributed by atoms with Crippen molar-refractivity contribution in [3.05, 3.63) is 70.8 Å². The van der Waals surface area contributed by atoms with Crippen LogP contribution in [0.2, 0.25) is 0 Å². The predicted octanol–water partition coefficient (Wildman–Crippen LogP) is 3.97. The maximum atomic E-state index is 12.2. The third-order valence-corrected chi connectivity index (χ3v) is 3.95. The second-order valence-corrected chi connectivity index (χ2v) is 6.72. The first kappa shape index (κ1) is 17.2. The maximum Gasteiger partial charge on any atom is 0.251 e. The summed E-state index contributed by atoms with van der Waals surface area (Å²) in [7, 11) is 0. The molecule has 0 aliphatic carbocycles. The molecule has 1 amide bonds. The molecular weight excluding hydrogens is 286 g/mol. The fourth-order valence-corrected chi connectivity index (χ4v) is 2.33. The van der Waals surface area contributed by atoms with Crippen molar-refractivity contribution in [2.75, 3.05) is 0 Å². The Morgan fingerprint density at radius 1 is 1.04 bits per heavy atom. The Hall–Kier alpha value is -2.13. The molecule has 2 aromatic carbocycles. The van der Waals surface area contributed by atoms with E-state index in [-0.39, 0.29) is 5.91 Å². The average molecular weight is 311 g/mol. The normalized spacial score (nSPS) is 11.6. The average Bonchev–Trinajstić information content (AvgIpc) is 2.52. The van der Waals surface area contributed by atoms with Gasteiger partial charge >= 0.3 is 0 Å². The Morgan fingerprint density at radius 2 is 1.61 bits per heavy atom. The third-order valence-electron chi connectivity index (χ3n) is 3.95. The van der Waals surface area contributed by atoms with Gasteiger partial charge in [-0.2, -0.15) is 0 Å². The second-order valence-electron chi connectivity index (χ2n) is 6.72. The topological polar surface area (TPSA) is 49.3 Å². The Kier molecular flexibility index (Phi) is 5.22. The van der Waals surface area contributed by atoms with Gasteiger partial charge in [-0.1, -0.05) is 50.2 Å². The lowest BCUT2D eigenvalue weighted by Gasteiger charge is -2.18. The highest BCUT2D eigenvalue weighted by Gasteiger charge is 2.15. The van der Waals surface area contributed by atoms with Crippen LogP contribution in [0.15, 0.2) is 48.5 Å². The minimum absolute atomic E-state index is 0.0770. The van der Waals surface area contributed by atoms with Crippen LogP contribution in [0.1, 0.15) is 60.7 Å². The summed E-state index contributed by atoms with van der Waals surface area (Å²) in [6.45, 7) is 8.24. The molecule has 0 spiro atoms. The summed E-state index contributed by atoms with van der Waals surface area (Å²) >= 11 is 0. The highest BCUT2D eigenvalue weighted by molar-refractivity contribution is 5.94. The lowest BCUT2D eigenvalue weighted by molar-refractivity contribution is 0.0785. The monoisotopic (exact) mass is 311 g/mol. The molecule has 0 aliphatic heterocycles. The van der Waals surface area contributed by atoms with E-state index >= 15 is 0 Å². The zero-order valence-corrected chi connectivity index (χ0v) is 14.3. The van der Waals surface area contributed by atoms with Gasteiger partial charge in [-0.05, 0) is 48.6 Å². The van der Waals surface area contributed by atoms with Gasteiger partial charge in [0.25, 0.3) is 5.91 Å². The van der Waals surface area contributed by atoms with E-state index in [0.29, 0.717) is 18.0 Å². The highest BCUT2D eigenvalue weighted by atomic mass is 16.3. The molecule has 23 heavy (non-hydrogen) atoms. The van der Waals surface area contributed by atoms with Crippen molar-refractivity contribution in [2.24, 2.45) is 0 Å². The number of carbonyl (C=O) groups excluding carboxylic acids is 1. The summed E-state index contributed by atoms with van der Waals surface area (Å²) in [6.07, 6.45) is 0. The quantitative estimate of drug-likeness (QED) is 0.878. The van der Waals surface area contributed by atoms with Gasteiger partial charge < -0.3 is 10.4 Å². The fraction of sp³-hybridized carbons (Fsp3) is 0.350. The zero-order valence-electron chi connectivity index (χ0n) is 14.3. The molecule has 0 fully saturated rings. The van der Waals surface area contributed by atoms with E-state index in [2.05, 4.69) is 19.2 Å². The molecule has 0 aromatic heterocycles. The molecule has 0 radical (unpaired) electrons. The Morgan fingerprint density at radius 3 is 2.09 bits per heavy atom. The number of rotatable bonds is 5. The summed E-state index contributed by atoms with van der Waals surface area (Å²) in [5.41, 5.74) is 2.91. The van der Waals surface area contributed by atoms with E-state index in [4.69, 9.17) is 0 Å². The molecule has 3 nitrogen and oxygen atoms in total. The molecule has 0 unspecified atom stereocenters. The maximum absolute atomic E-state index is 12.2. The van der Waals surface area contributed by atoms with E-state index in [1.807, 2.05) is 48.5 Å². The highest BCUT2D eigenvalue weighted by Crippen LogP contribution is 2.19. The fourth-order valence-electron chi connectivity index (χ4n) is 2.33. The summed E-state index contributed by atoms with van der Waals surface area (Å²) in [6, 6.07) is 15.3. The number of nitrogens with one attached hydrogen (secondary N) is 1. The van der Waals surface area contributed by atoms with Crippen LogP contribution in [0.3, 0.4) is 0 Å². The van der Waals surface area contributed by atoms with Gasteiger partial charge in [-0.25, -0.2) is 0 Å². The third kappa shape index (κ3) is 4.67. The molecular formula is C20H25NO2. The zero-order chi connectivity index (χ0) is 17.0. The van der Waals surface area contributed by atoms with E-state index in [1.165, 1.54) is 5.56 Å². The number of hydrogen-bond donors (Lipinski definition) is 2. The number of benzene rings is 2. The van der Waals surface area contributed by atoms with Crippen molar-refractivity contribution in [1.29, 1.82) is 0 Å². The molecule has 0 saturated heterocycles. The van der Waals surface area contributed by atoms with Crippen LogP contribution in [-0.4, -0.2) is 11.0 Å². The Labute approximate surface area is 138 Å². The van der Waals surface area contributed by atoms with Crippen LogP contribution in [0.4, 0.5) is 0 Å². The predicted molar refractivity (Wildman–Crippen MR) is 93.4 cm³/mol. The van der Waals surface area contributed by atoms with E-state index < -0.39 is 5.60 Å². The first-order valence-corrected chi connectivity index (χ1v) is 7.97. The molecule has 2 rings (SSSR count). The van der Waals surface area contributed by atoms with Crippen molar-refractivity contribution < 1.29 is 9.90 Å². The van der Waals surface area contributed by atoms with Crippen LogP contribution >= 0.6 is 0 Å². The molecule has 0 bridgehead atoms. The summed E-state index contributed by atoms with van der Waals surface area (Å²) in [5.74, 6) is 0.383. The number of aliphatic hydroxyl groups is 1. The number of carbonyl (C=O) groups is 1. The van der Waals surface area contributed by atoms with E-state index in [0.717, 1.165) is 11.1 Å². The van der Waals surface area contributed by atoms with Gasteiger partial charge in [-0.15, -0.1) is 0 Å². The van der Waals surface area contributed by atoms with Crippen molar-refractivity contribution in [3.63, 3.8) is 0 Å². The van der Waals surface area contributed by atoms with Crippen LogP contribution in [-0.2, 0) is 12.1 Å². The molecule has 0 aliphatic rings. The summed E-state index contributed by atoms with van der Waals surface area (Å²) in [4.78, 5) is 12.2. The molecule has 0 atom stereocenters. The molecule has 2 N–H and O–H groups in total. The molecule has 0 saturated carbocycles. The van der Waals surface area contributed by atoms with E-state index in [1.54, 1.807) is 13.8 Å². The SMILES string of the molecule is CC(C)c1ccc(C(=O)NCc2ccc(C(C)(C)O)cc2)cc1. The first-order chi connectivity index (χ1) is 10.8.